The topological polar surface area (TPSA) is 102 Å². The van der Waals surface area contributed by atoms with E-state index in [9.17, 15) is 14.4 Å². The number of carbonyl (C=O) groups is 2. The first-order valence-corrected chi connectivity index (χ1v) is 10.5. The first-order chi connectivity index (χ1) is 15.1. The predicted molar refractivity (Wildman–Crippen MR) is 123 cm³/mol. The highest BCUT2D eigenvalue weighted by Crippen LogP contribution is 2.26. The Morgan fingerprint density at radius 3 is 2.41 bits per heavy atom. The molecule has 1 unspecified atom stereocenters. The van der Waals surface area contributed by atoms with Crippen molar-refractivity contribution >= 4 is 22.6 Å². The number of aryl methyl sites for hydroxylation is 1. The Morgan fingerprint density at radius 2 is 1.75 bits per heavy atom. The Morgan fingerprint density at radius 1 is 1.06 bits per heavy atom. The second-order valence-electron chi connectivity index (χ2n) is 8.50. The van der Waals surface area contributed by atoms with Gasteiger partial charge in [-0.3, -0.25) is 25.2 Å². The first kappa shape index (κ1) is 23.0. The molecule has 8 nitrogen and oxygen atoms in total. The van der Waals surface area contributed by atoms with Crippen molar-refractivity contribution in [2.75, 3.05) is 0 Å². The first-order valence-electron chi connectivity index (χ1n) is 10.5. The maximum atomic E-state index is 12.7. The highest BCUT2D eigenvalue weighted by Gasteiger charge is 2.20. The number of benzene rings is 2. The van der Waals surface area contributed by atoms with Crippen molar-refractivity contribution in [3.8, 4) is 5.75 Å². The molecule has 8 heteroatoms. The SMILES string of the molecule is CCn1nc(C(=O)NNC(=O)C(C)Oc2cccc(C(C)(C)C)c2)c2ccccc2c1=O. The highest BCUT2D eigenvalue weighted by atomic mass is 16.5. The molecule has 0 aliphatic heterocycles. The van der Waals surface area contributed by atoms with Crippen LogP contribution in [0.15, 0.2) is 53.3 Å². The summed E-state index contributed by atoms with van der Waals surface area (Å²) >= 11 is 0. The van der Waals surface area contributed by atoms with Crippen LogP contribution in [0, 0.1) is 0 Å². The van der Waals surface area contributed by atoms with Crippen LogP contribution >= 0.6 is 0 Å². The predicted octanol–water partition coefficient (Wildman–Crippen LogP) is 2.94. The zero-order valence-corrected chi connectivity index (χ0v) is 18.9. The molecule has 0 saturated heterocycles. The van der Waals surface area contributed by atoms with Gasteiger partial charge in [-0.2, -0.15) is 5.10 Å². The van der Waals surface area contributed by atoms with E-state index in [1.54, 1.807) is 44.2 Å². The number of carbonyl (C=O) groups excluding carboxylic acids is 2. The summed E-state index contributed by atoms with van der Waals surface area (Å²) < 4.78 is 6.96. The zero-order valence-electron chi connectivity index (χ0n) is 18.9. The van der Waals surface area contributed by atoms with Crippen molar-refractivity contribution < 1.29 is 14.3 Å². The van der Waals surface area contributed by atoms with Crippen LogP contribution in [0.25, 0.3) is 10.8 Å². The smallest absolute Gasteiger partial charge is 0.290 e. The molecule has 0 fully saturated rings. The standard InChI is InChI=1S/C24H28N4O4/c1-6-28-23(31)19-13-8-7-12-18(19)20(27-28)22(30)26-25-21(29)15(2)32-17-11-9-10-16(14-17)24(3,4)5/h7-15H,6H2,1-5H3,(H,25,29)(H,26,30). The molecule has 32 heavy (non-hydrogen) atoms. The largest absolute Gasteiger partial charge is 0.481 e. The number of hydrogen-bond acceptors (Lipinski definition) is 5. The number of fused-ring (bicyclic) bond motifs is 1. The van der Waals surface area contributed by atoms with Gasteiger partial charge < -0.3 is 4.74 Å². The summed E-state index contributed by atoms with van der Waals surface area (Å²) in [6.45, 7) is 9.96. The summed E-state index contributed by atoms with van der Waals surface area (Å²) in [6.07, 6.45) is -0.847. The van der Waals surface area contributed by atoms with Crippen LogP contribution in [0.4, 0.5) is 0 Å². The molecule has 1 atom stereocenters. The minimum absolute atomic E-state index is 0.0498. The maximum Gasteiger partial charge on any atom is 0.290 e. The molecule has 0 spiro atoms. The molecule has 3 aromatic rings. The van der Waals surface area contributed by atoms with Crippen molar-refractivity contribution in [2.45, 2.75) is 52.7 Å². The van der Waals surface area contributed by atoms with E-state index in [0.717, 1.165) is 5.56 Å². The van der Waals surface area contributed by atoms with Gasteiger partial charge in [0.05, 0.1) is 5.39 Å². The van der Waals surface area contributed by atoms with E-state index in [-0.39, 0.29) is 16.7 Å². The third kappa shape index (κ3) is 4.96. The second kappa shape index (κ2) is 9.21. The quantitative estimate of drug-likeness (QED) is 0.599. The number of amides is 2. The fraction of sp³-hybridized carbons (Fsp3) is 0.333. The number of nitrogens with one attached hydrogen (secondary N) is 2. The monoisotopic (exact) mass is 436 g/mol. The number of hydrogen-bond donors (Lipinski definition) is 2. The van der Waals surface area contributed by atoms with Gasteiger partial charge >= 0.3 is 0 Å². The van der Waals surface area contributed by atoms with E-state index >= 15 is 0 Å². The van der Waals surface area contributed by atoms with Crippen LogP contribution in [0.1, 0.15) is 50.7 Å². The third-order valence-electron chi connectivity index (χ3n) is 5.06. The van der Waals surface area contributed by atoms with Crippen molar-refractivity contribution in [1.82, 2.24) is 20.6 Å². The lowest BCUT2D eigenvalue weighted by Gasteiger charge is -2.21. The van der Waals surface area contributed by atoms with Crippen molar-refractivity contribution in [1.29, 1.82) is 0 Å². The fourth-order valence-corrected chi connectivity index (χ4v) is 3.19. The van der Waals surface area contributed by atoms with Crippen LogP contribution in [0.5, 0.6) is 5.75 Å². The lowest BCUT2D eigenvalue weighted by atomic mass is 9.87. The summed E-state index contributed by atoms with van der Waals surface area (Å²) in [6, 6.07) is 14.3. The Balaban J connectivity index is 1.71. The van der Waals surface area contributed by atoms with E-state index in [2.05, 4.69) is 36.7 Å². The van der Waals surface area contributed by atoms with Crippen LogP contribution in [-0.2, 0) is 16.8 Å². The third-order valence-corrected chi connectivity index (χ3v) is 5.06. The normalized spacial score (nSPS) is 12.3. The van der Waals surface area contributed by atoms with Crippen molar-refractivity contribution in [3.63, 3.8) is 0 Å². The maximum absolute atomic E-state index is 12.7. The van der Waals surface area contributed by atoms with Gasteiger partial charge in [-0.05, 0) is 43.0 Å². The molecule has 1 aromatic heterocycles. The van der Waals surface area contributed by atoms with Gasteiger partial charge in [-0.15, -0.1) is 0 Å². The summed E-state index contributed by atoms with van der Waals surface area (Å²) in [5, 5.41) is 4.95. The van der Waals surface area contributed by atoms with Gasteiger partial charge in [0.15, 0.2) is 11.8 Å². The zero-order chi connectivity index (χ0) is 23.5. The summed E-state index contributed by atoms with van der Waals surface area (Å²) in [5.41, 5.74) is 5.55. The molecule has 2 aromatic carbocycles. The molecule has 1 heterocycles. The number of aromatic nitrogens is 2. The van der Waals surface area contributed by atoms with E-state index < -0.39 is 17.9 Å². The Labute approximate surface area is 186 Å². The van der Waals surface area contributed by atoms with Crippen LogP contribution in [0.3, 0.4) is 0 Å². The van der Waals surface area contributed by atoms with E-state index in [1.165, 1.54) is 4.68 Å². The summed E-state index contributed by atoms with van der Waals surface area (Å²) in [5.74, 6) is -0.583. The Bertz CT molecular complexity index is 1210. The van der Waals surface area contributed by atoms with E-state index in [0.29, 0.717) is 23.1 Å². The molecular formula is C24H28N4O4. The molecule has 0 aliphatic carbocycles. The van der Waals surface area contributed by atoms with Crippen molar-refractivity contribution in [3.05, 3.63) is 70.1 Å². The van der Waals surface area contributed by atoms with Gasteiger partial charge in [0.2, 0.25) is 0 Å². The Kier molecular flexibility index (Phi) is 6.62. The fourth-order valence-electron chi connectivity index (χ4n) is 3.19. The van der Waals surface area contributed by atoms with Crippen LogP contribution in [0.2, 0.25) is 0 Å². The van der Waals surface area contributed by atoms with Gasteiger partial charge in [0, 0.05) is 11.9 Å². The van der Waals surface area contributed by atoms with Crippen molar-refractivity contribution in [2.24, 2.45) is 0 Å². The molecule has 0 saturated carbocycles. The van der Waals surface area contributed by atoms with Gasteiger partial charge in [0.1, 0.15) is 5.75 Å². The lowest BCUT2D eigenvalue weighted by molar-refractivity contribution is -0.128. The average molecular weight is 437 g/mol. The minimum Gasteiger partial charge on any atom is -0.481 e. The lowest BCUT2D eigenvalue weighted by Crippen LogP contribution is -2.47. The average Bonchev–Trinajstić information content (AvgIpc) is 2.77. The highest BCUT2D eigenvalue weighted by molar-refractivity contribution is 6.05. The molecule has 168 valence electrons. The van der Waals surface area contributed by atoms with Crippen LogP contribution in [-0.4, -0.2) is 27.7 Å². The number of nitrogens with zero attached hydrogens (tertiary/aromatic N) is 2. The second-order valence-corrected chi connectivity index (χ2v) is 8.50. The summed E-state index contributed by atoms with van der Waals surface area (Å²) in [7, 11) is 0. The van der Waals surface area contributed by atoms with E-state index in [1.807, 2.05) is 18.2 Å². The molecule has 0 radical (unpaired) electrons. The molecule has 3 rings (SSSR count). The van der Waals surface area contributed by atoms with Crippen LogP contribution < -0.4 is 21.1 Å². The van der Waals surface area contributed by atoms with Gasteiger partial charge in [0.25, 0.3) is 17.4 Å². The number of hydrazine groups is 1. The van der Waals surface area contributed by atoms with Gasteiger partial charge in [-0.1, -0.05) is 51.1 Å². The molecule has 2 amide bonds. The van der Waals surface area contributed by atoms with Gasteiger partial charge in [-0.25, -0.2) is 4.68 Å². The molecule has 0 aliphatic rings. The minimum atomic E-state index is -0.847. The molecule has 0 bridgehead atoms. The number of rotatable bonds is 5. The molecular weight excluding hydrogens is 408 g/mol. The summed E-state index contributed by atoms with van der Waals surface area (Å²) in [4.78, 5) is 37.6. The Hall–Kier alpha value is -3.68. The van der Waals surface area contributed by atoms with E-state index in [4.69, 9.17) is 4.74 Å². The number of ether oxygens (including phenoxy) is 1. The molecule has 2 N–H and O–H groups in total.